The van der Waals surface area contributed by atoms with Crippen molar-refractivity contribution in [3.05, 3.63) is 30.5 Å². The molecule has 0 aliphatic carbocycles. The van der Waals surface area contributed by atoms with Gasteiger partial charge in [0.1, 0.15) is 18.0 Å². The number of allylic oxidation sites excluding steroid dienone is 1. The fourth-order valence-electron chi connectivity index (χ4n) is 3.23. The van der Waals surface area contributed by atoms with E-state index in [1.54, 1.807) is 6.20 Å². The molecule has 2 N–H and O–H groups in total. The average molecular weight is 423 g/mol. The molecule has 9 heteroatoms. The number of thiol groups is 1. The molecule has 3 heterocycles. The molecular formula is C20H28F2N6S. The summed E-state index contributed by atoms with van der Waals surface area (Å²) in [6.45, 7) is 7.13. The predicted molar refractivity (Wildman–Crippen MR) is 117 cm³/mol. The Hall–Kier alpha value is -2.29. The van der Waals surface area contributed by atoms with E-state index in [9.17, 15) is 8.78 Å². The minimum atomic E-state index is -2.80. The van der Waals surface area contributed by atoms with E-state index in [0.29, 0.717) is 29.2 Å². The lowest BCUT2D eigenvalue weighted by atomic mass is 9.92. The van der Waals surface area contributed by atoms with E-state index in [1.165, 1.54) is 18.8 Å². The number of hydrogen-bond acceptors (Lipinski definition) is 6. The monoisotopic (exact) mass is 422 g/mol. The number of aromatic nitrogens is 4. The lowest BCUT2D eigenvalue weighted by Gasteiger charge is -2.39. The summed E-state index contributed by atoms with van der Waals surface area (Å²) in [7, 11) is 0. The fraction of sp³-hybridized carbons (Fsp3) is 0.500. The molecule has 2 unspecified atom stereocenters. The zero-order valence-electron chi connectivity index (χ0n) is 16.9. The molecule has 0 saturated carbocycles. The van der Waals surface area contributed by atoms with Crippen LogP contribution in [0.3, 0.4) is 0 Å². The van der Waals surface area contributed by atoms with Gasteiger partial charge in [-0.15, -0.1) is 0 Å². The van der Waals surface area contributed by atoms with Crippen LogP contribution in [-0.2, 0) is 0 Å². The highest BCUT2D eigenvalue weighted by Crippen LogP contribution is 2.29. The van der Waals surface area contributed by atoms with E-state index < -0.39 is 12.1 Å². The largest absolute Gasteiger partial charge is 0.353 e. The van der Waals surface area contributed by atoms with Crippen molar-refractivity contribution in [2.75, 3.05) is 17.2 Å². The number of anilines is 1. The Labute approximate surface area is 175 Å². The van der Waals surface area contributed by atoms with E-state index in [-0.39, 0.29) is 0 Å². The molecule has 0 radical (unpaired) electrons. The number of piperidine rings is 1. The highest BCUT2D eigenvalue weighted by Gasteiger charge is 2.28. The van der Waals surface area contributed by atoms with Gasteiger partial charge >= 0.3 is 0 Å². The minimum absolute atomic E-state index is 0.347. The summed E-state index contributed by atoms with van der Waals surface area (Å²) >= 11 is 4.46. The highest BCUT2D eigenvalue weighted by atomic mass is 32.1. The van der Waals surface area contributed by atoms with Gasteiger partial charge in [-0.3, -0.25) is 5.41 Å². The lowest BCUT2D eigenvalue weighted by Crippen LogP contribution is -2.44. The van der Waals surface area contributed by atoms with E-state index in [1.807, 2.05) is 19.9 Å². The number of nitrogens with one attached hydrogen (secondary N) is 2. The molecule has 3 rings (SSSR count). The van der Waals surface area contributed by atoms with Gasteiger partial charge in [0.05, 0.1) is 23.3 Å². The number of alkyl halides is 2. The molecule has 1 aliphatic heterocycles. The average Bonchev–Trinajstić information content (AvgIpc) is 3.23. The van der Waals surface area contributed by atoms with Crippen LogP contribution < -0.4 is 4.90 Å². The Bertz CT molecular complexity index is 823. The summed E-state index contributed by atoms with van der Waals surface area (Å²) in [4.78, 5) is 18.2. The molecule has 1 saturated heterocycles. The highest BCUT2D eigenvalue weighted by molar-refractivity contribution is 7.80. The van der Waals surface area contributed by atoms with Gasteiger partial charge in [0.15, 0.2) is 0 Å². The first-order valence-electron chi connectivity index (χ1n) is 9.79. The SMILES string of the molecule is CC.CC1C(CS)CCCN1c1cc(-c2cnc(/C=C\C(=N)C(F)F)[nH]2)ncn1. The van der Waals surface area contributed by atoms with Crippen LogP contribution >= 0.6 is 12.6 Å². The second kappa shape index (κ2) is 11.0. The number of aromatic amines is 1. The summed E-state index contributed by atoms with van der Waals surface area (Å²) in [5, 5.41) is 7.15. The zero-order valence-corrected chi connectivity index (χ0v) is 17.8. The van der Waals surface area contributed by atoms with Gasteiger partial charge in [0, 0.05) is 18.7 Å². The molecule has 158 valence electrons. The van der Waals surface area contributed by atoms with Crippen molar-refractivity contribution in [2.45, 2.75) is 46.1 Å². The first-order valence-corrected chi connectivity index (χ1v) is 10.4. The van der Waals surface area contributed by atoms with Crippen molar-refractivity contribution in [3.63, 3.8) is 0 Å². The lowest BCUT2D eigenvalue weighted by molar-refractivity contribution is 0.226. The maximum Gasteiger partial charge on any atom is 0.279 e. The maximum atomic E-state index is 12.4. The first kappa shape index (κ1) is 23.0. The molecule has 6 nitrogen and oxygen atoms in total. The van der Waals surface area contributed by atoms with Crippen LogP contribution in [0.2, 0.25) is 0 Å². The van der Waals surface area contributed by atoms with Crippen LogP contribution in [0.5, 0.6) is 0 Å². The zero-order chi connectivity index (χ0) is 21.4. The summed E-state index contributed by atoms with van der Waals surface area (Å²) in [5.74, 6) is 2.61. The van der Waals surface area contributed by atoms with Gasteiger partial charge in [-0.1, -0.05) is 13.8 Å². The van der Waals surface area contributed by atoms with Crippen molar-refractivity contribution in [1.82, 2.24) is 19.9 Å². The number of nitrogens with zero attached hydrogens (tertiary/aromatic N) is 4. The Morgan fingerprint density at radius 1 is 1.38 bits per heavy atom. The Morgan fingerprint density at radius 2 is 2.14 bits per heavy atom. The number of rotatable bonds is 6. The van der Waals surface area contributed by atoms with Crippen molar-refractivity contribution >= 4 is 30.2 Å². The van der Waals surface area contributed by atoms with Gasteiger partial charge in [-0.05, 0) is 43.6 Å². The van der Waals surface area contributed by atoms with Gasteiger partial charge in [-0.25, -0.2) is 23.7 Å². The number of H-pyrrole nitrogens is 1. The van der Waals surface area contributed by atoms with Crippen LogP contribution in [0.1, 0.15) is 39.4 Å². The smallest absolute Gasteiger partial charge is 0.279 e. The summed E-state index contributed by atoms with van der Waals surface area (Å²) in [6.07, 6.45) is 4.97. The van der Waals surface area contributed by atoms with Crippen molar-refractivity contribution in [2.24, 2.45) is 5.92 Å². The topological polar surface area (TPSA) is 81.5 Å². The molecule has 0 bridgehead atoms. The Balaban J connectivity index is 0.00000145. The van der Waals surface area contributed by atoms with Crippen LogP contribution in [-0.4, -0.2) is 50.4 Å². The first-order chi connectivity index (χ1) is 14.0. The normalized spacial score (nSPS) is 19.3. The predicted octanol–water partition coefficient (Wildman–Crippen LogP) is 4.73. The molecule has 2 atom stereocenters. The third-order valence-electron chi connectivity index (χ3n) is 4.86. The van der Waals surface area contributed by atoms with Crippen molar-refractivity contribution < 1.29 is 8.78 Å². The second-order valence-electron chi connectivity index (χ2n) is 6.55. The second-order valence-corrected chi connectivity index (χ2v) is 6.92. The summed E-state index contributed by atoms with van der Waals surface area (Å²) in [5.41, 5.74) is 0.587. The fourth-order valence-corrected chi connectivity index (χ4v) is 3.72. The summed E-state index contributed by atoms with van der Waals surface area (Å²) in [6, 6.07) is 2.25. The molecular weight excluding hydrogens is 394 g/mol. The minimum Gasteiger partial charge on any atom is -0.353 e. The van der Waals surface area contributed by atoms with Crippen LogP contribution in [0.15, 0.2) is 24.7 Å². The van der Waals surface area contributed by atoms with E-state index in [0.717, 1.165) is 30.6 Å². The maximum absolute atomic E-state index is 12.4. The van der Waals surface area contributed by atoms with Gasteiger partial charge in [0.2, 0.25) is 0 Å². The number of imidazole rings is 1. The molecule has 2 aromatic rings. The third-order valence-corrected chi connectivity index (χ3v) is 5.33. The van der Waals surface area contributed by atoms with Crippen LogP contribution in [0.4, 0.5) is 14.6 Å². The van der Waals surface area contributed by atoms with E-state index in [4.69, 9.17) is 5.41 Å². The molecule has 0 spiro atoms. The number of hydrogen-bond donors (Lipinski definition) is 3. The standard InChI is InChI=1S/C18H22F2N6S.C2H6/c1-11-12(9-27)3-2-6-26(11)17-7-14(23-10-24-17)15-8-22-16(25-15)5-4-13(21)18(19)20;1-2/h4-5,7-8,10-12,18,21,27H,2-3,6,9H2,1H3,(H,22,25);1-2H3/b5-4-,21-13?;. The van der Waals surface area contributed by atoms with Gasteiger partial charge in [-0.2, -0.15) is 12.6 Å². The quantitative estimate of drug-likeness (QED) is 0.464. The van der Waals surface area contributed by atoms with Gasteiger partial charge < -0.3 is 9.88 Å². The van der Waals surface area contributed by atoms with Gasteiger partial charge in [0.25, 0.3) is 6.43 Å². The van der Waals surface area contributed by atoms with Crippen LogP contribution in [0.25, 0.3) is 17.5 Å². The number of halogens is 2. The third kappa shape index (κ3) is 5.85. The van der Waals surface area contributed by atoms with E-state index in [2.05, 4.69) is 44.4 Å². The molecule has 0 aromatic carbocycles. The molecule has 29 heavy (non-hydrogen) atoms. The molecule has 1 fully saturated rings. The Kier molecular flexibility index (Phi) is 8.75. The van der Waals surface area contributed by atoms with Crippen molar-refractivity contribution in [3.8, 4) is 11.4 Å². The van der Waals surface area contributed by atoms with Crippen molar-refractivity contribution in [1.29, 1.82) is 5.41 Å². The van der Waals surface area contributed by atoms with Crippen LogP contribution in [0, 0.1) is 11.3 Å². The summed E-state index contributed by atoms with van der Waals surface area (Å²) < 4.78 is 24.7. The molecule has 2 aromatic heterocycles. The van der Waals surface area contributed by atoms with E-state index >= 15 is 0 Å². The molecule has 1 aliphatic rings. The molecule has 0 amide bonds. The Morgan fingerprint density at radius 3 is 2.83 bits per heavy atom.